The summed E-state index contributed by atoms with van der Waals surface area (Å²) in [5.41, 5.74) is 10.4. The van der Waals surface area contributed by atoms with E-state index in [4.69, 9.17) is 5.73 Å². The summed E-state index contributed by atoms with van der Waals surface area (Å²) in [4.78, 5) is 12.0. The van der Waals surface area contributed by atoms with Gasteiger partial charge in [0.1, 0.15) is 0 Å². The Balaban J connectivity index is 2.70. The van der Waals surface area contributed by atoms with Crippen LogP contribution in [-0.2, 0) is 7.05 Å². The molecule has 1 atom stereocenters. The van der Waals surface area contributed by atoms with E-state index in [1.165, 1.54) is 10.2 Å². The Morgan fingerprint density at radius 1 is 1.26 bits per heavy atom. The maximum atomic E-state index is 12.0. The van der Waals surface area contributed by atoms with E-state index < -0.39 is 0 Å². The molecule has 0 bridgehead atoms. The molecule has 1 heterocycles. The fraction of sp³-hybridized carbons (Fsp3) is 0.333. The van der Waals surface area contributed by atoms with E-state index >= 15 is 0 Å². The lowest BCUT2D eigenvalue weighted by Gasteiger charge is -2.12. The first-order valence-corrected chi connectivity index (χ1v) is 6.31. The van der Waals surface area contributed by atoms with Crippen molar-refractivity contribution in [3.8, 4) is 11.3 Å². The predicted molar refractivity (Wildman–Crippen MR) is 77.0 cm³/mol. The largest absolute Gasteiger partial charge is 0.324 e. The van der Waals surface area contributed by atoms with Gasteiger partial charge in [-0.3, -0.25) is 4.79 Å². The van der Waals surface area contributed by atoms with Gasteiger partial charge in [-0.1, -0.05) is 17.7 Å². The summed E-state index contributed by atoms with van der Waals surface area (Å²) in [7, 11) is 1.66. The molecule has 0 radical (unpaired) electrons. The van der Waals surface area contributed by atoms with Gasteiger partial charge in [0, 0.05) is 24.2 Å². The molecule has 1 unspecified atom stereocenters. The molecule has 2 aromatic rings. The Morgan fingerprint density at radius 3 is 2.58 bits per heavy atom. The quantitative estimate of drug-likeness (QED) is 0.896. The van der Waals surface area contributed by atoms with E-state index in [0.717, 1.165) is 16.8 Å². The van der Waals surface area contributed by atoms with Crippen LogP contribution < -0.4 is 11.3 Å². The zero-order chi connectivity index (χ0) is 14.2. The molecule has 1 aromatic carbocycles. The minimum absolute atomic E-state index is 0.135. The van der Waals surface area contributed by atoms with Gasteiger partial charge in [-0.15, -0.1) is 0 Å². The first kappa shape index (κ1) is 13.5. The fourth-order valence-electron chi connectivity index (χ4n) is 2.10. The third-order valence-electron chi connectivity index (χ3n) is 3.25. The van der Waals surface area contributed by atoms with Crippen LogP contribution in [0.2, 0.25) is 0 Å². The summed E-state index contributed by atoms with van der Waals surface area (Å²) in [6, 6.07) is 7.70. The Kier molecular flexibility index (Phi) is 3.53. The van der Waals surface area contributed by atoms with Crippen LogP contribution in [0.15, 0.2) is 29.1 Å². The molecule has 0 spiro atoms. The molecule has 19 heavy (non-hydrogen) atoms. The SMILES string of the molecule is Cc1ccc(C)c(-c2cc(C(C)N)c(=O)n(C)n2)c1. The van der Waals surface area contributed by atoms with Crippen molar-refractivity contribution in [2.75, 3.05) is 0 Å². The highest BCUT2D eigenvalue weighted by Crippen LogP contribution is 2.23. The monoisotopic (exact) mass is 257 g/mol. The van der Waals surface area contributed by atoms with Crippen molar-refractivity contribution in [2.45, 2.75) is 26.8 Å². The van der Waals surface area contributed by atoms with Gasteiger partial charge in [0.15, 0.2) is 0 Å². The number of aryl methyl sites for hydroxylation is 3. The van der Waals surface area contributed by atoms with E-state index in [-0.39, 0.29) is 11.6 Å². The lowest BCUT2D eigenvalue weighted by molar-refractivity contribution is 0.675. The normalized spacial score (nSPS) is 12.5. The Labute approximate surface area is 112 Å². The highest BCUT2D eigenvalue weighted by Gasteiger charge is 2.12. The molecule has 1 aromatic heterocycles. The summed E-state index contributed by atoms with van der Waals surface area (Å²) in [6.45, 7) is 5.88. The molecule has 0 aliphatic carbocycles. The van der Waals surface area contributed by atoms with Crippen molar-refractivity contribution in [1.82, 2.24) is 9.78 Å². The van der Waals surface area contributed by atoms with Crippen LogP contribution in [0.5, 0.6) is 0 Å². The number of nitrogens with zero attached hydrogens (tertiary/aromatic N) is 2. The van der Waals surface area contributed by atoms with Crippen LogP contribution in [0, 0.1) is 13.8 Å². The smallest absolute Gasteiger partial charge is 0.271 e. The van der Waals surface area contributed by atoms with Crippen LogP contribution in [0.25, 0.3) is 11.3 Å². The predicted octanol–water partition coefficient (Wildman–Crippen LogP) is 2.08. The second-order valence-corrected chi connectivity index (χ2v) is 5.02. The van der Waals surface area contributed by atoms with Crippen molar-refractivity contribution in [3.05, 3.63) is 51.3 Å². The lowest BCUT2D eigenvalue weighted by Crippen LogP contribution is -2.27. The number of benzene rings is 1. The van der Waals surface area contributed by atoms with E-state index in [9.17, 15) is 4.79 Å². The molecule has 0 amide bonds. The molecule has 0 fully saturated rings. The van der Waals surface area contributed by atoms with Crippen molar-refractivity contribution in [3.63, 3.8) is 0 Å². The van der Waals surface area contributed by atoms with Crippen LogP contribution in [0.3, 0.4) is 0 Å². The lowest BCUT2D eigenvalue weighted by atomic mass is 10.0. The van der Waals surface area contributed by atoms with Gasteiger partial charge in [0.25, 0.3) is 5.56 Å². The van der Waals surface area contributed by atoms with Crippen molar-refractivity contribution >= 4 is 0 Å². The molecule has 0 aliphatic rings. The molecular weight excluding hydrogens is 238 g/mol. The molecule has 2 N–H and O–H groups in total. The standard InChI is InChI=1S/C15H19N3O/c1-9-5-6-10(2)12(7-9)14-8-13(11(3)16)15(19)18(4)17-14/h5-8,11H,16H2,1-4H3. The summed E-state index contributed by atoms with van der Waals surface area (Å²) in [5.74, 6) is 0. The van der Waals surface area contributed by atoms with Gasteiger partial charge in [0.05, 0.1) is 5.69 Å². The second-order valence-electron chi connectivity index (χ2n) is 5.02. The summed E-state index contributed by atoms with van der Waals surface area (Å²) in [6.07, 6.45) is 0. The van der Waals surface area contributed by atoms with Gasteiger partial charge < -0.3 is 5.73 Å². The van der Waals surface area contributed by atoms with Crippen molar-refractivity contribution in [1.29, 1.82) is 0 Å². The zero-order valence-electron chi connectivity index (χ0n) is 11.8. The second kappa shape index (κ2) is 4.97. The molecule has 4 heteroatoms. The average Bonchev–Trinajstić information content (AvgIpc) is 2.35. The maximum absolute atomic E-state index is 12.0. The van der Waals surface area contributed by atoms with Crippen LogP contribution >= 0.6 is 0 Å². The van der Waals surface area contributed by atoms with E-state index in [2.05, 4.69) is 23.3 Å². The first-order valence-electron chi connectivity index (χ1n) is 6.31. The number of hydrogen-bond donors (Lipinski definition) is 1. The molecule has 4 nitrogen and oxygen atoms in total. The van der Waals surface area contributed by atoms with Crippen LogP contribution in [-0.4, -0.2) is 9.78 Å². The molecule has 0 aliphatic heterocycles. The van der Waals surface area contributed by atoms with Crippen molar-refractivity contribution < 1.29 is 0 Å². The number of hydrogen-bond acceptors (Lipinski definition) is 3. The van der Waals surface area contributed by atoms with E-state index in [0.29, 0.717) is 5.56 Å². The third-order valence-corrected chi connectivity index (χ3v) is 3.25. The highest BCUT2D eigenvalue weighted by atomic mass is 16.1. The summed E-state index contributed by atoms with van der Waals surface area (Å²) < 4.78 is 1.36. The summed E-state index contributed by atoms with van der Waals surface area (Å²) >= 11 is 0. The van der Waals surface area contributed by atoms with E-state index in [1.54, 1.807) is 13.1 Å². The Hall–Kier alpha value is -1.94. The zero-order valence-corrected chi connectivity index (χ0v) is 11.8. The molecule has 100 valence electrons. The molecule has 0 saturated carbocycles. The van der Waals surface area contributed by atoms with E-state index in [1.807, 2.05) is 20.8 Å². The highest BCUT2D eigenvalue weighted by molar-refractivity contribution is 5.64. The van der Waals surface area contributed by atoms with Crippen molar-refractivity contribution in [2.24, 2.45) is 12.8 Å². The van der Waals surface area contributed by atoms with Crippen LogP contribution in [0.1, 0.15) is 29.7 Å². The first-order chi connectivity index (χ1) is 8.90. The molecule has 0 saturated heterocycles. The fourth-order valence-corrected chi connectivity index (χ4v) is 2.10. The molecule has 2 rings (SSSR count). The van der Waals surface area contributed by atoms with Crippen LogP contribution in [0.4, 0.5) is 0 Å². The number of rotatable bonds is 2. The Morgan fingerprint density at radius 2 is 1.95 bits per heavy atom. The maximum Gasteiger partial charge on any atom is 0.271 e. The minimum Gasteiger partial charge on any atom is -0.324 e. The van der Waals surface area contributed by atoms with Gasteiger partial charge in [-0.25, -0.2) is 4.68 Å². The van der Waals surface area contributed by atoms with Gasteiger partial charge in [-0.2, -0.15) is 5.10 Å². The molecular formula is C15H19N3O. The average molecular weight is 257 g/mol. The van der Waals surface area contributed by atoms with Gasteiger partial charge >= 0.3 is 0 Å². The van der Waals surface area contributed by atoms with Gasteiger partial charge in [0.2, 0.25) is 0 Å². The number of nitrogens with two attached hydrogens (primary N) is 1. The third kappa shape index (κ3) is 2.58. The number of aromatic nitrogens is 2. The Bertz CT molecular complexity index is 672. The minimum atomic E-state index is -0.300. The summed E-state index contributed by atoms with van der Waals surface area (Å²) in [5, 5.41) is 4.34. The topological polar surface area (TPSA) is 60.9 Å². The van der Waals surface area contributed by atoms with Gasteiger partial charge in [-0.05, 0) is 38.5 Å².